The standard InChI is InChI=1S/C29H29ClN4O3/c30-23-2-1-3-25(17-23)37-27-16-22(5-4-19-12-14-36-15-13-19)28-31-18-26(34(28)33-27)20-6-8-21(9-7-20)29(35)32-24-10-11-24/h1-3,6-9,16-19,24H,4-5,10-15H2,(H,32,35). The van der Waals surface area contributed by atoms with Crippen molar-refractivity contribution >= 4 is 23.2 Å². The SMILES string of the molecule is O=C(NC1CC1)c1ccc(-c2cnc3c(CCC4CCOCC4)cc(Oc4cccc(Cl)c4)nn23)cc1. The lowest BCUT2D eigenvalue weighted by molar-refractivity contribution is 0.0640. The first-order valence-electron chi connectivity index (χ1n) is 12.9. The van der Waals surface area contributed by atoms with Crippen molar-refractivity contribution in [1.29, 1.82) is 0 Å². The third-order valence-corrected chi connectivity index (χ3v) is 7.29. The number of imidazole rings is 1. The highest BCUT2D eigenvalue weighted by molar-refractivity contribution is 6.30. The van der Waals surface area contributed by atoms with Crippen LogP contribution in [0.15, 0.2) is 60.8 Å². The van der Waals surface area contributed by atoms with Crippen molar-refractivity contribution in [2.45, 2.75) is 44.6 Å². The Morgan fingerprint density at radius 3 is 2.65 bits per heavy atom. The largest absolute Gasteiger partial charge is 0.438 e. The van der Waals surface area contributed by atoms with Gasteiger partial charge in [-0.15, -0.1) is 5.10 Å². The number of halogens is 1. The second kappa shape index (κ2) is 10.5. The number of aryl methyl sites for hydroxylation is 1. The van der Waals surface area contributed by atoms with Crippen LogP contribution in [0.4, 0.5) is 0 Å². The molecule has 1 saturated carbocycles. The van der Waals surface area contributed by atoms with Crippen LogP contribution in [0.25, 0.3) is 16.9 Å². The number of rotatable bonds is 8. The van der Waals surface area contributed by atoms with Gasteiger partial charge in [0.15, 0.2) is 5.65 Å². The average molecular weight is 517 g/mol. The lowest BCUT2D eigenvalue weighted by atomic mass is 9.93. The Bertz CT molecular complexity index is 1410. The third kappa shape index (κ3) is 5.63. The van der Waals surface area contributed by atoms with Crippen molar-refractivity contribution in [3.8, 4) is 22.9 Å². The monoisotopic (exact) mass is 516 g/mol. The summed E-state index contributed by atoms with van der Waals surface area (Å²) in [6, 6.07) is 17.2. The molecule has 3 heterocycles. The Labute approximate surface area is 220 Å². The van der Waals surface area contributed by atoms with Gasteiger partial charge in [0.2, 0.25) is 5.88 Å². The highest BCUT2D eigenvalue weighted by Gasteiger charge is 2.24. The Morgan fingerprint density at radius 2 is 1.89 bits per heavy atom. The van der Waals surface area contributed by atoms with Gasteiger partial charge in [-0.1, -0.05) is 29.8 Å². The quantitative estimate of drug-likeness (QED) is 0.306. The topological polar surface area (TPSA) is 77.8 Å². The zero-order chi connectivity index (χ0) is 25.2. The number of ether oxygens (including phenoxy) is 2. The number of hydrogen-bond donors (Lipinski definition) is 1. The zero-order valence-corrected chi connectivity index (χ0v) is 21.3. The van der Waals surface area contributed by atoms with Crippen molar-refractivity contribution < 1.29 is 14.3 Å². The molecule has 0 bridgehead atoms. The first-order chi connectivity index (χ1) is 18.1. The number of carbonyl (C=O) groups excluding carboxylic acids is 1. The summed E-state index contributed by atoms with van der Waals surface area (Å²) in [5.74, 6) is 1.72. The van der Waals surface area contributed by atoms with Crippen molar-refractivity contribution in [1.82, 2.24) is 19.9 Å². The minimum Gasteiger partial charge on any atom is -0.438 e. The van der Waals surface area contributed by atoms with E-state index in [1.54, 1.807) is 6.07 Å². The molecule has 7 nitrogen and oxygen atoms in total. The molecule has 37 heavy (non-hydrogen) atoms. The molecule has 0 spiro atoms. The second-order valence-corrected chi connectivity index (χ2v) is 10.3. The number of amides is 1. The summed E-state index contributed by atoms with van der Waals surface area (Å²) in [7, 11) is 0. The van der Waals surface area contributed by atoms with Gasteiger partial charge in [-0.3, -0.25) is 4.79 Å². The van der Waals surface area contributed by atoms with Gasteiger partial charge < -0.3 is 14.8 Å². The van der Waals surface area contributed by atoms with Crippen LogP contribution in [0, 0.1) is 5.92 Å². The van der Waals surface area contributed by atoms with Crippen molar-refractivity contribution in [3.63, 3.8) is 0 Å². The molecule has 4 aromatic rings. The lowest BCUT2D eigenvalue weighted by Crippen LogP contribution is -2.25. The van der Waals surface area contributed by atoms with Gasteiger partial charge in [-0.25, -0.2) is 9.50 Å². The fraction of sp³-hybridized carbons (Fsp3) is 0.345. The van der Waals surface area contributed by atoms with Gasteiger partial charge in [0.1, 0.15) is 5.75 Å². The number of nitrogens with one attached hydrogen (secondary N) is 1. The maximum absolute atomic E-state index is 12.4. The molecule has 1 saturated heterocycles. The first-order valence-corrected chi connectivity index (χ1v) is 13.3. The number of fused-ring (bicyclic) bond motifs is 1. The van der Waals surface area contributed by atoms with E-state index in [1.807, 2.05) is 59.2 Å². The molecule has 6 rings (SSSR count). The van der Waals surface area contributed by atoms with Crippen molar-refractivity contribution in [2.75, 3.05) is 13.2 Å². The summed E-state index contributed by atoms with van der Waals surface area (Å²) < 4.78 is 13.5. The van der Waals surface area contributed by atoms with E-state index in [0.29, 0.717) is 34.2 Å². The average Bonchev–Trinajstić information content (AvgIpc) is 3.63. The molecule has 2 fully saturated rings. The fourth-order valence-corrected chi connectivity index (χ4v) is 4.95. The number of hydrogen-bond acceptors (Lipinski definition) is 5. The summed E-state index contributed by atoms with van der Waals surface area (Å²) in [5.41, 5.74) is 4.33. The highest BCUT2D eigenvalue weighted by Crippen LogP contribution is 2.30. The molecule has 1 aliphatic carbocycles. The maximum Gasteiger partial charge on any atom is 0.251 e. The van der Waals surface area contributed by atoms with Crippen LogP contribution < -0.4 is 10.1 Å². The Morgan fingerprint density at radius 1 is 1.08 bits per heavy atom. The zero-order valence-electron chi connectivity index (χ0n) is 20.5. The van der Waals surface area contributed by atoms with E-state index >= 15 is 0 Å². The Kier molecular flexibility index (Phi) is 6.81. The van der Waals surface area contributed by atoms with E-state index in [2.05, 4.69) is 5.32 Å². The number of nitrogens with zero attached hydrogens (tertiary/aromatic N) is 3. The molecule has 8 heteroatoms. The van der Waals surface area contributed by atoms with E-state index in [-0.39, 0.29) is 5.91 Å². The molecule has 2 aliphatic rings. The van der Waals surface area contributed by atoms with Crippen LogP contribution in [0.1, 0.15) is 48.0 Å². The van der Waals surface area contributed by atoms with E-state index in [9.17, 15) is 4.79 Å². The van der Waals surface area contributed by atoms with Gasteiger partial charge >= 0.3 is 0 Å². The predicted molar refractivity (Wildman–Crippen MR) is 142 cm³/mol. The van der Waals surface area contributed by atoms with Crippen LogP contribution in [0.5, 0.6) is 11.6 Å². The van der Waals surface area contributed by atoms with E-state index in [0.717, 1.165) is 74.2 Å². The maximum atomic E-state index is 12.4. The van der Waals surface area contributed by atoms with Crippen LogP contribution in [0.3, 0.4) is 0 Å². The van der Waals surface area contributed by atoms with E-state index in [1.165, 1.54) is 0 Å². The first kappa shape index (κ1) is 23.9. The summed E-state index contributed by atoms with van der Waals surface area (Å²) in [5, 5.41) is 8.43. The summed E-state index contributed by atoms with van der Waals surface area (Å²) in [4.78, 5) is 17.2. The van der Waals surface area contributed by atoms with Crippen LogP contribution in [-0.4, -0.2) is 39.8 Å². The molecular weight excluding hydrogens is 488 g/mol. The molecule has 2 aromatic carbocycles. The highest BCUT2D eigenvalue weighted by atomic mass is 35.5. The van der Waals surface area contributed by atoms with Gasteiger partial charge in [0.05, 0.1) is 11.9 Å². The number of benzene rings is 2. The Hall–Kier alpha value is -3.42. The molecular formula is C29H29ClN4O3. The Balaban J connectivity index is 1.32. The smallest absolute Gasteiger partial charge is 0.251 e. The fourth-order valence-electron chi connectivity index (χ4n) is 4.77. The van der Waals surface area contributed by atoms with E-state index in [4.69, 9.17) is 31.2 Å². The summed E-state index contributed by atoms with van der Waals surface area (Å²) in [6.45, 7) is 1.67. The molecule has 1 aliphatic heterocycles. The van der Waals surface area contributed by atoms with Crippen molar-refractivity contribution in [2.24, 2.45) is 5.92 Å². The molecule has 1 amide bonds. The second-order valence-electron chi connectivity index (χ2n) is 9.87. The minimum atomic E-state index is -0.0297. The molecule has 0 radical (unpaired) electrons. The normalized spacial score (nSPS) is 16.1. The lowest BCUT2D eigenvalue weighted by Gasteiger charge is -2.22. The molecule has 0 atom stereocenters. The van der Waals surface area contributed by atoms with Crippen LogP contribution in [-0.2, 0) is 11.2 Å². The molecule has 190 valence electrons. The van der Waals surface area contributed by atoms with Gasteiger partial charge in [-0.2, -0.15) is 0 Å². The van der Waals surface area contributed by atoms with Gasteiger partial charge in [0.25, 0.3) is 5.91 Å². The van der Waals surface area contributed by atoms with Crippen LogP contribution in [0.2, 0.25) is 5.02 Å². The summed E-state index contributed by atoms with van der Waals surface area (Å²) in [6.07, 6.45) is 8.08. The minimum absolute atomic E-state index is 0.0297. The van der Waals surface area contributed by atoms with E-state index < -0.39 is 0 Å². The van der Waals surface area contributed by atoms with Gasteiger partial charge in [0, 0.05) is 47.0 Å². The number of carbonyl (C=O) groups is 1. The van der Waals surface area contributed by atoms with Gasteiger partial charge in [-0.05, 0) is 74.8 Å². The third-order valence-electron chi connectivity index (χ3n) is 7.06. The predicted octanol–water partition coefficient (Wildman–Crippen LogP) is 6.09. The molecule has 0 unspecified atom stereocenters. The van der Waals surface area contributed by atoms with Crippen LogP contribution >= 0.6 is 11.6 Å². The molecule has 1 N–H and O–H groups in total. The number of aromatic nitrogens is 3. The van der Waals surface area contributed by atoms with Crippen molar-refractivity contribution in [3.05, 3.63) is 76.9 Å². The molecule has 2 aromatic heterocycles. The summed E-state index contributed by atoms with van der Waals surface area (Å²) >= 11 is 6.17.